The second-order valence-electron chi connectivity index (χ2n) is 9.40. The maximum atomic E-state index is 12.8. The van der Waals surface area contributed by atoms with E-state index in [4.69, 9.17) is 23.2 Å². The number of amides is 1. The molecule has 11 heteroatoms. The Hall–Kier alpha value is -1.81. The number of piperidine rings is 1. The summed E-state index contributed by atoms with van der Waals surface area (Å²) in [6.45, 7) is 6.07. The number of hydrogen-bond donors (Lipinski definition) is 1. The van der Waals surface area contributed by atoms with Crippen molar-refractivity contribution >= 4 is 52.2 Å². The topological polar surface area (TPSA) is 38.8 Å². The number of carbonyl (C=O) groups excluding carboxylic acids is 1. The Labute approximate surface area is 230 Å². The lowest BCUT2D eigenvalue weighted by Gasteiger charge is -2.36. The quantitative estimate of drug-likeness (QED) is 0.359. The lowest BCUT2D eigenvalue weighted by atomic mass is 10.0. The molecule has 0 atom stereocenters. The van der Waals surface area contributed by atoms with Crippen LogP contribution >= 0.6 is 35.0 Å². The molecular weight excluding hydrogens is 544 g/mol. The standard InChI is InChI=1S/C26H31Cl2F3N4OS/c27-19-3-6-22(7-4-19)34-16-14-33(15-17-34)11-1-2-25(36)35-12-9-20(10-13-35)32-21-5-8-23(28)24(18-21)37-26(29,30)31/h3-8,18,20,32H,1-2,9-17H2. The minimum absolute atomic E-state index is 0.0156. The van der Waals surface area contributed by atoms with Gasteiger partial charge in [0.25, 0.3) is 0 Å². The molecule has 37 heavy (non-hydrogen) atoms. The summed E-state index contributed by atoms with van der Waals surface area (Å²) in [5, 5.41) is 4.13. The molecular formula is C26H31Cl2F3N4OS. The van der Waals surface area contributed by atoms with E-state index in [0.717, 1.165) is 57.0 Å². The van der Waals surface area contributed by atoms with Crippen LogP contribution in [0.5, 0.6) is 0 Å². The number of rotatable bonds is 8. The molecule has 202 valence electrons. The number of hydrogen-bond acceptors (Lipinski definition) is 5. The van der Waals surface area contributed by atoms with Crippen molar-refractivity contribution in [2.45, 2.75) is 42.1 Å². The van der Waals surface area contributed by atoms with Gasteiger partial charge in [0.15, 0.2) is 0 Å². The second-order valence-corrected chi connectivity index (χ2v) is 11.4. The van der Waals surface area contributed by atoms with E-state index < -0.39 is 5.51 Å². The number of carbonyl (C=O) groups is 1. The molecule has 2 aliphatic heterocycles. The van der Waals surface area contributed by atoms with E-state index >= 15 is 0 Å². The Morgan fingerprint density at radius 1 is 0.973 bits per heavy atom. The molecule has 0 unspecified atom stereocenters. The minimum Gasteiger partial charge on any atom is -0.382 e. The molecule has 2 aliphatic rings. The molecule has 4 rings (SSSR count). The van der Waals surface area contributed by atoms with Gasteiger partial charge in [-0.2, -0.15) is 13.2 Å². The lowest BCUT2D eigenvalue weighted by Crippen LogP contribution is -2.47. The lowest BCUT2D eigenvalue weighted by molar-refractivity contribution is -0.132. The first-order valence-corrected chi connectivity index (χ1v) is 14.1. The van der Waals surface area contributed by atoms with Gasteiger partial charge < -0.3 is 15.1 Å². The fourth-order valence-electron chi connectivity index (χ4n) is 4.80. The van der Waals surface area contributed by atoms with Crippen LogP contribution in [0.4, 0.5) is 24.5 Å². The summed E-state index contributed by atoms with van der Waals surface area (Å²) in [4.78, 5) is 19.4. The number of anilines is 2. The Bertz CT molecular complexity index is 1040. The van der Waals surface area contributed by atoms with Gasteiger partial charge in [-0.3, -0.25) is 9.69 Å². The van der Waals surface area contributed by atoms with Crippen molar-refractivity contribution in [2.75, 3.05) is 56.0 Å². The van der Waals surface area contributed by atoms with Crippen LogP contribution in [0.2, 0.25) is 10.0 Å². The molecule has 0 saturated carbocycles. The third-order valence-electron chi connectivity index (χ3n) is 6.80. The number of halogens is 5. The molecule has 2 aromatic carbocycles. The van der Waals surface area contributed by atoms with Crippen molar-refractivity contribution in [1.29, 1.82) is 0 Å². The van der Waals surface area contributed by atoms with Crippen LogP contribution in [-0.2, 0) is 4.79 Å². The fourth-order valence-corrected chi connectivity index (χ4v) is 5.76. The zero-order valence-electron chi connectivity index (χ0n) is 20.4. The zero-order chi connectivity index (χ0) is 26.4. The normalized spacial score (nSPS) is 17.8. The van der Waals surface area contributed by atoms with Crippen molar-refractivity contribution in [3.8, 4) is 0 Å². The molecule has 2 heterocycles. The van der Waals surface area contributed by atoms with Crippen LogP contribution in [0.15, 0.2) is 47.4 Å². The first-order valence-electron chi connectivity index (χ1n) is 12.5. The van der Waals surface area contributed by atoms with Gasteiger partial charge in [-0.25, -0.2) is 0 Å². The molecule has 0 radical (unpaired) electrons. The smallest absolute Gasteiger partial charge is 0.382 e. The minimum atomic E-state index is -4.39. The first-order chi connectivity index (χ1) is 17.7. The highest BCUT2D eigenvalue weighted by atomic mass is 35.5. The third kappa shape index (κ3) is 8.60. The summed E-state index contributed by atoms with van der Waals surface area (Å²) in [6.07, 6.45) is 2.87. The number of nitrogens with one attached hydrogen (secondary N) is 1. The number of likely N-dealkylation sites (tertiary alicyclic amines) is 1. The number of alkyl halides is 3. The number of benzene rings is 2. The summed E-state index contributed by atoms with van der Waals surface area (Å²) in [7, 11) is 0. The predicted octanol–water partition coefficient (Wildman–Crippen LogP) is 6.61. The summed E-state index contributed by atoms with van der Waals surface area (Å²) in [5.41, 5.74) is -2.59. The second kappa shape index (κ2) is 12.8. The molecule has 0 bridgehead atoms. The van der Waals surface area contributed by atoms with Crippen LogP contribution in [-0.4, -0.2) is 73.1 Å². The number of piperazine rings is 1. The highest BCUT2D eigenvalue weighted by Crippen LogP contribution is 2.41. The van der Waals surface area contributed by atoms with Crippen molar-refractivity contribution in [1.82, 2.24) is 9.80 Å². The van der Waals surface area contributed by atoms with Crippen molar-refractivity contribution in [3.63, 3.8) is 0 Å². The van der Waals surface area contributed by atoms with E-state index in [-0.39, 0.29) is 33.6 Å². The Morgan fingerprint density at radius 2 is 1.65 bits per heavy atom. The number of nitrogens with zero attached hydrogens (tertiary/aromatic N) is 3. The van der Waals surface area contributed by atoms with Gasteiger partial charge in [-0.15, -0.1) is 0 Å². The summed E-state index contributed by atoms with van der Waals surface area (Å²) in [5.74, 6) is 0.175. The van der Waals surface area contributed by atoms with Gasteiger partial charge >= 0.3 is 5.51 Å². The molecule has 1 amide bonds. The van der Waals surface area contributed by atoms with Crippen LogP contribution < -0.4 is 10.2 Å². The van der Waals surface area contributed by atoms with E-state index in [1.807, 2.05) is 17.0 Å². The third-order valence-corrected chi connectivity index (χ3v) is 8.29. The number of thioether (sulfide) groups is 1. The monoisotopic (exact) mass is 574 g/mol. The average molecular weight is 576 g/mol. The average Bonchev–Trinajstić information content (AvgIpc) is 2.86. The van der Waals surface area contributed by atoms with Crippen LogP contribution in [0.25, 0.3) is 0 Å². The van der Waals surface area contributed by atoms with Gasteiger partial charge in [-0.05, 0) is 80.0 Å². The van der Waals surface area contributed by atoms with Crippen molar-refractivity contribution < 1.29 is 18.0 Å². The van der Waals surface area contributed by atoms with Gasteiger partial charge in [0.2, 0.25) is 5.91 Å². The van der Waals surface area contributed by atoms with Crippen LogP contribution in [0.1, 0.15) is 25.7 Å². The molecule has 0 spiro atoms. The predicted molar refractivity (Wildman–Crippen MR) is 146 cm³/mol. The van der Waals surface area contributed by atoms with E-state index in [9.17, 15) is 18.0 Å². The highest BCUT2D eigenvalue weighted by Gasteiger charge is 2.30. The van der Waals surface area contributed by atoms with Gasteiger partial charge in [0.05, 0.1) is 5.02 Å². The van der Waals surface area contributed by atoms with Crippen molar-refractivity contribution in [2.24, 2.45) is 0 Å². The van der Waals surface area contributed by atoms with E-state index in [1.54, 1.807) is 6.07 Å². The van der Waals surface area contributed by atoms with E-state index in [2.05, 4.69) is 27.2 Å². The Morgan fingerprint density at radius 3 is 2.30 bits per heavy atom. The Kier molecular flexibility index (Phi) is 9.78. The van der Waals surface area contributed by atoms with E-state index in [0.29, 0.717) is 25.2 Å². The zero-order valence-corrected chi connectivity index (χ0v) is 22.8. The van der Waals surface area contributed by atoms with E-state index in [1.165, 1.54) is 17.8 Å². The molecule has 2 saturated heterocycles. The Balaban J connectivity index is 1.14. The molecule has 5 nitrogen and oxygen atoms in total. The van der Waals surface area contributed by atoms with Gasteiger partial charge in [-0.1, -0.05) is 23.2 Å². The maximum absolute atomic E-state index is 12.8. The maximum Gasteiger partial charge on any atom is 0.446 e. The highest BCUT2D eigenvalue weighted by molar-refractivity contribution is 8.00. The fraction of sp³-hybridized carbons (Fsp3) is 0.500. The molecule has 0 aliphatic carbocycles. The van der Waals surface area contributed by atoms with Gasteiger partial charge in [0, 0.05) is 73.0 Å². The molecule has 2 fully saturated rings. The van der Waals surface area contributed by atoms with Crippen LogP contribution in [0.3, 0.4) is 0 Å². The molecule has 0 aromatic heterocycles. The summed E-state index contributed by atoms with van der Waals surface area (Å²) >= 11 is 11.7. The molecule has 2 aromatic rings. The first kappa shape index (κ1) is 28.2. The van der Waals surface area contributed by atoms with Gasteiger partial charge in [0.1, 0.15) is 0 Å². The largest absolute Gasteiger partial charge is 0.446 e. The van der Waals surface area contributed by atoms with Crippen molar-refractivity contribution in [3.05, 3.63) is 52.5 Å². The summed E-state index contributed by atoms with van der Waals surface area (Å²) in [6, 6.07) is 12.6. The molecule has 1 N–H and O–H groups in total. The summed E-state index contributed by atoms with van der Waals surface area (Å²) < 4.78 is 38.3. The van der Waals surface area contributed by atoms with Crippen LogP contribution in [0, 0.1) is 0 Å². The SMILES string of the molecule is O=C(CCCN1CCN(c2ccc(Cl)cc2)CC1)N1CCC(Nc2ccc(Cl)c(SC(F)(F)F)c2)CC1.